The molecule has 0 aliphatic rings. The van der Waals surface area contributed by atoms with Crippen LogP contribution in [0.1, 0.15) is 63.8 Å². The number of rotatable bonds is 4. The molecular weight excluding hydrogens is 336 g/mol. The molecule has 0 saturated carbocycles. The van der Waals surface area contributed by atoms with Crippen LogP contribution in [0.15, 0.2) is 42.5 Å². The molecule has 0 saturated heterocycles. The maximum Gasteiger partial charge on any atom is 0.315 e. The van der Waals surface area contributed by atoms with E-state index in [9.17, 15) is 9.90 Å². The fourth-order valence-corrected chi connectivity index (χ4v) is 2.85. The average Bonchev–Trinajstić information content (AvgIpc) is 2.58. The SMILES string of the molecule is CC(C)(C)c1cc(CNC(=O)NCc2ccccc2)c(O)c(C(C)(C)C)c1. The van der Waals surface area contributed by atoms with Gasteiger partial charge in [-0.25, -0.2) is 4.79 Å². The van der Waals surface area contributed by atoms with E-state index >= 15 is 0 Å². The van der Waals surface area contributed by atoms with E-state index in [1.807, 2.05) is 36.4 Å². The molecule has 0 aromatic heterocycles. The summed E-state index contributed by atoms with van der Waals surface area (Å²) >= 11 is 0. The van der Waals surface area contributed by atoms with Crippen molar-refractivity contribution in [1.82, 2.24) is 10.6 Å². The Balaban J connectivity index is 2.14. The van der Waals surface area contributed by atoms with Gasteiger partial charge in [-0.3, -0.25) is 0 Å². The summed E-state index contributed by atoms with van der Waals surface area (Å²) in [5.41, 5.74) is 3.60. The third-order valence-electron chi connectivity index (χ3n) is 4.60. The number of aromatic hydroxyl groups is 1. The summed E-state index contributed by atoms with van der Waals surface area (Å²) < 4.78 is 0. The van der Waals surface area contributed by atoms with E-state index < -0.39 is 0 Å². The first-order valence-electron chi connectivity index (χ1n) is 9.41. The van der Waals surface area contributed by atoms with E-state index in [0.717, 1.165) is 22.3 Å². The fourth-order valence-electron chi connectivity index (χ4n) is 2.85. The summed E-state index contributed by atoms with van der Waals surface area (Å²) in [7, 11) is 0. The lowest BCUT2D eigenvalue weighted by Gasteiger charge is -2.27. The Morgan fingerprint density at radius 1 is 0.889 bits per heavy atom. The molecule has 0 bridgehead atoms. The van der Waals surface area contributed by atoms with Crippen LogP contribution in [0.5, 0.6) is 5.75 Å². The number of carbonyl (C=O) groups is 1. The number of urea groups is 1. The van der Waals surface area contributed by atoms with Crippen molar-refractivity contribution >= 4 is 6.03 Å². The van der Waals surface area contributed by atoms with Crippen molar-refractivity contribution < 1.29 is 9.90 Å². The number of benzene rings is 2. The van der Waals surface area contributed by atoms with Crippen LogP contribution in [0.2, 0.25) is 0 Å². The minimum atomic E-state index is -0.253. The summed E-state index contributed by atoms with van der Waals surface area (Å²) in [6.45, 7) is 13.4. The highest BCUT2D eigenvalue weighted by atomic mass is 16.3. The van der Waals surface area contributed by atoms with Gasteiger partial charge in [-0.15, -0.1) is 0 Å². The highest BCUT2D eigenvalue weighted by Crippen LogP contribution is 2.37. The Morgan fingerprint density at radius 2 is 1.48 bits per heavy atom. The summed E-state index contributed by atoms with van der Waals surface area (Å²) in [5, 5.41) is 16.5. The molecule has 146 valence electrons. The van der Waals surface area contributed by atoms with Gasteiger partial charge in [0.15, 0.2) is 0 Å². The molecule has 2 rings (SSSR count). The van der Waals surface area contributed by atoms with Crippen molar-refractivity contribution in [3.63, 3.8) is 0 Å². The summed E-state index contributed by atoms with van der Waals surface area (Å²) in [5.74, 6) is 0.263. The second kappa shape index (κ2) is 8.03. The monoisotopic (exact) mass is 368 g/mol. The van der Waals surface area contributed by atoms with Crippen molar-refractivity contribution in [3.8, 4) is 5.75 Å². The molecule has 0 unspecified atom stereocenters. The van der Waals surface area contributed by atoms with Crippen LogP contribution >= 0.6 is 0 Å². The summed E-state index contributed by atoms with van der Waals surface area (Å²) in [6, 6.07) is 13.6. The zero-order valence-electron chi connectivity index (χ0n) is 17.3. The first-order chi connectivity index (χ1) is 12.5. The van der Waals surface area contributed by atoms with Crippen molar-refractivity contribution in [3.05, 3.63) is 64.7 Å². The quantitative estimate of drug-likeness (QED) is 0.712. The lowest BCUT2D eigenvalue weighted by Crippen LogP contribution is -2.34. The Labute approximate surface area is 163 Å². The van der Waals surface area contributed by atoms with Gasteiger partial charge in [-0.05, 0) is 33.6 Å². The Kier molecular flexibility index (Phi) is 6.19. The van der Waals surface area contributed by atoms with Crippen molar-refractivity contribution in [2.75, 3.05) is 0 Å². The van der Waals surface area contributed by atoms with Crippen LogP contribution in [0.25, 0.3) is 0 Å². The molecule has 2 aromatic carbocycles. The zero-order valence-corrected chi connectivity index (χ0v) is 17.3. The summed E-state index contributed by atoms with van der Waals surface area (Å²) in [4.78, 5) is 12.2. The lowest BCUT2D eigenvalue weighted by atomic mass is 9.79. The number of hydrogen-bond acceptors (Lipinski definition) is 2. The predicted molar refractivity (Wildman–Crippen MR) is 111 cm³/mol. The molecular formula is C23H32N2O2. The molecule has 4 heteroatoms. The largest absolute Gasteiger partial charge is 0.507 e. The van der Waals surface area contributed by atoms with Crippen molar-refractivity contribution in [2.45, 2.75) is 65.5 Å². The predicted octanol–water partition coefficient (Wildman–Crippen LogP) is 4.99. The van der Waals surface area contributed by atoms with Gasteiger partial charge >= 0.3 is 6.03 Å². The van der Waals surface area contributed by atoms with Gasteiger partial charge in [0.1, 0.15) is 5.75 Å². The molecule has 2 amide bonds. The topological polar surface area (TPSA) is 61.4 Å². The zero-order chi connectivity index (χ0) is 20.2. The molecule has 0 aliphatic heterocycles. The van der Waals surface area contributed by atoms with Gasteiger partial charge in [0.2, 0.25) is 0 Å². The van der Waals surface area contributed by atoms with Gasteiger partial charge in [0, 0.05) is 18.7 Å². The minimum Gasteiger partial charge on any atom is -0.507 e. The number of nitrogens with one attached hydrogen (secondary N) is 2. The molecule has 4 nitrogen and oxygen atoms in total. The van der Waals surface area contributed by atoms with E-state index in [1.165, 1.54) is 0 Å². The second-order valence-electron chi connectivity index (χ2n) is 9.05. The van der Waals surface area contributed by atoms with Crippen LogP contribution in [0.3, 0.4) is 0 Å². The molecule has 0 spiro atoms. The molecule has 0 heterocycles. The third-order valence-corrected chi connectivity index (χ3v) is 4.60. The molecule has 27 heavy (non-hydrogen) atoms. The van der Waals surface area contributed by atoms with E-state index in [4.69, 9.17) is 0 Å². The van der Waals surface area contributed by atoms with Gasteiger partial charge in [0.25, 0.3) is 0 Å². The lowest BCUT2D eigenvalue weighted by molar-refractivity contribution is 0.240. The van der Waals surface area contributed by atoms with E-state index in [1.54, 1.807) is 0 Å². The van der Waals surface area contributed by atoms with Crippen molar-refractivity contribution in [1.29, 1.82) is 0 Å². The van der Waals surface area contributed by atoms with E-state index in [-0.39, 0.29) is 29.2 Å². The number of phenolic OH excluding ortho intramolecular Hbond substituents is 1. The normalized spacial score (nSPS) is 11.9. The molecule has 0 radical (unpaired) electrons. The Morgan fingerprint density at radius 3 is 2.04 bits per heavy atom. The van der Waals surface area contributed by atoms with Gasteiger partial charge < -0.3 is 15.7 Å². The van der Waals surface area contributed by atoms with Gasteiger partial charge in [-0.1, -0.05) is 77.9 Å². The molecule has 0 aliphatic carbocycles. The highest BCUT2D eigenvalue weighted by Gasteiger charge is 2.25. The average molecular weight is 369 g/mol. The van der Waals surface area contributed by atoms with Crippen LogP contribution in [-0.4, -0.2) is 11.1 Å². The van der Waals surface area contributed by atoms with Crippen LogP contribution in [0, 0.1) is 0 Å². The number of amides is 2. The van der Waals surface area contributed by atoms with E-state index in [2.05, 4.69) is 58.2 Å². The highest BCUT2D eigenvalue weighted by molar-refractivity contribution is 5.74. The molecule has 0 atom stereocenters. The van der Waals surface area contributed by atoms with Crippen LogP contribution < -0.4 is 10.6 Å². The number of carbonyl (C=O) groups excluding carboxylic acids is 1. The molecule has 0 fully saturated rings. The number of phenols is 1. The first-order valence-corrected chi connectivity index (χ1v) is 9.41. The fraction of sp³-hybridized carbons (Fsp3) is 0.435. The van der Waals surface area contributed by atoms with Crippen LogP contribution in [-0.2, 0) is 23.9 Å². The molecule has 3 N–H and O–H groups in total. The minimum absolute atomic E-state index is 0.0436. The second-order valence-corrected chi connectivity index (χ2v) is 9.05. The standard InChI is InChI=1S/C23H32N2O2/c1-22(2,3)18-12-17(20(26)19(13-18)23(4,5)6)15-25-21(27)24-14-16-10-8-7-9-11-16/h7-13,26H,14-15H2,1-6H3,(H2,24,25,27). The maximum atomic E-state index is 12.2. The van der Waals surface area contributed by atoms with Gasteiger partial charge in [0.05, 0.1) is 0 Å². The summed E-state index contributed by atoms with van der Waals surface area (Å²) in [6.07, 6.45) is 0. The smallest absolute Gasteiger partial charge is 0.315 e. The first kappa shape index (κ1) is 20.8. The maximum absolute atomic E-state index is 12.2. The third kappa shape index (κ3) is 5.75. The number of hydrogen-bond donors (Lipinski definition) is 3. The Bertz CT molecular complexity index is 785. The molecule has 2 aromatic rings. The van der Waals surface area contributed by atoms with Crippen molar-refractivity contribution in [2.24, 2.45) is 0 Å². The van der Waals surface area contributed by atoms with Crippen LogP contribution in [0.4, 0.5) is 4.79 Å². The Hall–Kier alpha value is -2.49. The van der Waals surface area contributed by atoms with E-state index in [0.29, 0.717) is 6.54 Å². The van der Waals surface area contributed by atoms with Gasteiger partial charge in [-0.2, -0.15) is 0 Å².